The summed E-state index contributed by atoms with van der Waals surface area (Å²) in [6, 6.07) is 1.36. The molecule has 2 atom stereocenters. The smallest absolute Gasteiger partial charge is 0.309 e. The summed E-state index contributed by atoms with van der Waals surface area (Å²) in [5.41, 5.74) is 0.775. The molecule has 1 aliphatic rings. The number of aromatic nitrogens is 2. The minimum absolute atomic E-state index is 0.0150. The van der Waals surface area contributed by atoms with Gasteiger partial charge in [-0.15, -0.1) is 0 Å². The molecule has 6 nitrogen and oxygen atoms in total. The van der Waals surface area contributed by atoms with E-state index in [0.29, 0.717) is 19.4 Å². The van der Waals surface area contributed by atoms with E-state index >= 15 is 0 Å². The maximum absolute atomic E-state index is 11.9. The van der Waals surface area contributed by atoms with Gasteiger partial charge in [-0.25, -0.2) is 0 Å². The Labute approximate surface area is 105 Å². The number of aryl methyl sites for hydroxylation is 1. The normalized spacial score (nSPS) is 24.3. The van der Waals surface area contributed by atoms with Crippen LogP contribution < -0.4 is 0 Å². The lowest BCUT2D eigenvalue weighted by Gasteiger charge is -2.38. The molecule has 2 rings (SSSR count). The standard InChI is InChI=1S/C12H17N3O3/c1-3-15-10(16)5-4-8(12(17)18)11(15)9-6-7-13-14(9)2/h6-8,11H,3-5H2,1-2H3,(H,17,18)/t8-,11-/m0/s1. The van der Waals surface area contributed by atoms with Gasteiger partial charge in [-0.05, 0) is 19.4 Å². The number of carboxylic acid groups (broad SMARTS) is 1. The molecule has 18 heavy (non-hydrogen) atoms. The summed E-state index contributed by atoms with van der Waals surface area (Å²) in [5.74, 6) is -1.40. The number of piperidine rings is 1. The Morgan fingerprint density at radius 3 is 2.83 bits per heavy atom. The number of amides is 1. The van der Waals surface area contributed by atoms with Crippen molar-refractivity contribution in [3.05, 3.63) is 18.0 Å². The molecule has 6 heteroatoms. The topological polar surface area (TPSA) is 75.4 Å². The summed E-state index contributed by atoms with van der Waals surface area (Å²) in [4.78, 5) is 24.9. The average molecular weight is 251 g/mol. The lowest BCUT2D eigenvalue weighted by molar-refractivity contribution is -0.152. The molecular formula is C12H17N3O3. The average Bonchev–Trinajstić information content (AvgIpc) is 2.74. The molecule has 0 spiro atoms. The number of carbonyl (C=O) groups excluding carboxylic acids is 1. The van der Waals surface area contributed by atoms with Crippen LogP contribution in [0.2, 0.25) is 0 Å². The zero-order chi connectivity index (χ0) is 13.3. The molecule has 0 unspecified atom stereocenters. The largest absolute Gasteiger partial charge is 0.481 e. The Hall–Kier alpha value is -1.85. The summed E-state index contributed by atoms with van der Waals surface area (Å²) in [6.45, 7) is 2.38. The van der Waals surface area contributed by atoms with Crippen molar-refractivity contribution in [1.82, 2.24) is 14.7 Å². The van der Waals surface area contributed by atoms with Crippen LogP contribution in [-0.2, 0) is 16.6 Å². The quantitative estimate of drug-likeness (QED) is 0.862. The van der Waals surface area contributed by atoms with Gasteiger partial charge in [0, 0.05) is 26.2 Å². The zero-order valence-electron chi connectivity index (χ0n) is 10.5. The second kappa shape index (κ2) is 4.80. The number of hydrogen-bond donors (Lipinski definition) is 1. The SMILES string of the molecule is CCN1C(=O)CC[C@H](C(=O)O)[C@H]1c1ccnn1C. The number of carboxylic acids is 1. The third kappa shape index (κ3) is 1.98. The van der Waals surface area contributed by atoms with E-state index in [9.17, 15) is 14.7 Å². The lowest BCUT2D eigenvalue weighted by Crippen LogP contribution is -2.45. The van der Waals surface area contributed by atoms with E-state index in [2.05, 4.69) is 5.10 Å². The second-order valence-electron chi connectivity index (χ2n) is 4.49. The molecular weight excluding hydrogens is 234 g/mol. The van der Waals surface area contributed by atoms with Crippen LogP contribution in [0.3, 0.4) is 0 Å². The van der Waals surface area contributed by atoms with E-state index < -0.39 is 17.9 Å². The first-order valence-corrected chi connectivity index (χ1v) is 6.06. The highest BCUT2D eigenvalue weighted by Crippen LogP contribution is 2.36. The fourth-order valence-electron chi connectivity index (χ4n) is 2.62. The first-order chi connectivity index (χ1) is 8.56. The third-order valence-electron chi connectivity index (χ3n) is 3.53. The van der Waals surface area contributed by atoms with Crippen LogP contribution in [0.1, 0.15) is 31.5 Å². The van der Waals surface area contributed by atoms with E-state index in [1.54, 1.807) is 28.9 Å². The van der Waals surface area contributed by atoms with E-state index in [4.69, 9.17) is 0 Å². The summed E-state index contributed by atoms with van der Waals surface area (Å²) < 4.78 is 1.64. The molecule has 0 radical (unpaired) electrons. The van der Waals surface area contributed by atoms with Crippen LogP contribution >= 0.6 is 0 Å². The highest BCUT2D eigenvalue weighted by molar-refractivity contribution is 5.81. The molecule has 0 bridgehead atoms. The van der Waals surface area contributed by atoms with E-state index in [0.717, 1.165) is 5.69 Å². The fourth-order valence-corrected chi connectivity index (χ4v) is 2.62. The van der Waals surface area contributed by atoms with Gasteiger partial charge >= 0.3 is 5.97 Å². The van der Waals surface area contributed by atoms with Gasteiger partial charge in [0.25, 0.3) is 0 Å². The molecule has 1 aromatic rings. The van der Waals surface area contributed by atoms with Crippen molar-refractivity contribution >= 4 is 11.9 Å². The minimum atomic E-state index is -0.854. The molecule has 1 saturated heterocycles. The van der Waals surface area contributed by atoms with Gasteiger partial charge in [-0.3, -0.25) is 14.3 Å². The summed E-state index contributed by atoms with van der Waals surface area (Å²) in [7, 11) is 1.77. The number of carbonyl (C=O) groups is 2. The van der Waals surface area contributed by atoms with Crippen molar-refractivity contribution in [1.29, 1.82) is 0 Å². The Bertz CT molecular complexity index is 467. The van der Waals surface area contributed by atoms with Crippen molar-refractivity contribution in [2.45, 2.75) is 25.8 Å². The van der Waals surface area contributed by atoms with Crippen LogP contribution in [0.4, 0.5) is 0 Å². The highest BCUT2D eigenvalue weighted by atomic mass is 16.4. The van der Waals surface area contributed by atoms with Crippen LogP contribution in [0, 0.1) is 5.92 Å². The van der Waals surface area contributed by atoms with E-state index in [-0.39, 0.29) is 5.91 Å². The molecule has 1 amide bonds. The van der Waals surface area contributed by atoms with Gasteiger partial charge in [0.2, 0.25) is 5.91 Å². The van der Waals surface area contributed by atoms with Crippen molar-refractivity contribution in [3.63, 3.8) is 0 Å². The van der Waals surface area contributed by atoms with Crippen molar-refractivity contribution < 1.29 is 14.7 Å². The predicted octanol–water partition coefficient (Wildman–Crippen LogP) is 0.804. The lowest BCUT2D eigenvalue weighted by atomic mass is 9.86. The minimum Gasteiger partial charge on any atom is -0.481 e. The van der Waals surface area contributed by atoms with Gasteiger partial charge in [0.05, 0.1) is 17.7 Å². The maximum atomic E-state index is 11.9. The van der Waals surface area contributed by atoms with Crippen LogP contribution in [-0.4, -0.2) is 38.2 Å². The van der Waals surface area contributed by atoms with Crippen molar-refractivity contribution in [3.8, 4) is 0 Å². The molecule has 0 aliphatic carbocycles. The Balaban J connectivity index is 2.43. The maximum Gasteiger partial charge on any atom is 0.309 e. The molecule has 1 aliphatic heterocycles. The summed E-state index contributed by atoms with van der Waals surface area (Å²) in [5, 5.41) is 13.4. The fraction of sp³-hybridized carbons (Fsp3) is 0.583. The van der Waals surface area contributed by atoms with E-state index in [1.807, 2.05) is 6.92 Å². The monoisotopic (exact) mass is 251 g/mol. The number of likely N-dealkylation sites (tertiary alicyclic amines) is 1. The van der Waals surface area contributed by atoms with Gasteiger partial charge in [0.1, 0.15) is 0 Å². The van der Waals surface area contributed by atoms with Gasteiger partial charge < -0.3 is 10.0 Å². The predicted molar refractivity (Wildman–Crippen MR) is 63.7 cm³/mol. The molecule has 2 heterocycles. The molecule has 0 aromatic carbocycles. The van der Waals surface area contributed by atoms with Crippen LogP contribution in [0.15, 0.2) is 12.3 Å². The Morgan fingerprint density at radius 2 is 2.33 bits per heavy atom. The number of rotatable bonds is 3. The molecule has 0 saturated carbocycles. The number of aliphatic carboxylic acids is 1. The molecule has 1 fully saturated rings. The number of hydrogen-bond acceptors (Lipinski definition) is 3. The molecule has 1 N–H and O–H groups in total. The Morgan fingerprint density at radius 1 is 1.61 bits per heavy atom. The Kier molecular flexibility index (Phi) is 3.36. The second-order valence-corrected chi connectivity index (χ2v) is 4.49. The van der Waals surface area contributed by atoms with Gasteiger partial charge in [0.15, 0.2) is 0 Å². The number of nitrogens with zero attached hydrogens (tertiary/aromatic N) is 3. The third-order valence-corrected chi connectivity index (χ3v) is 3.53. The first-order valence-electron chi connectivity index (χ1n) is 6.06. The van der Waals surface area contributed by atoms with Gasteiger partial charge in [-0.2, -0.15) is 5.10 Å². The zero-order valence-corrected chi connectivity index (χ0v) is 10.5. The van der Waals surface area contributed by atoms with Gasteiger partial charge in [-0.1, -0.05) is 0 Å². The molecule has 1 aromatic heterocycles. The first kappa shape index (κ1) is 12.6. The summed E-state index contributed by atoms with van der Waals surface area (Å²) >= 11 is 0. The van der Waals surface area contributed by atoms with Crippen LogP contribution in [0.25, 0.3) is 0 Å². The summed E-state index contributed by atoms with van der Waals surface area (Å²) in [6.07, 6.45) is 2.32. The molecule has 98 valence electrons. The van der Waals surface area contributed by atoms with Crippen LogP contribution in [0.5, 0.6) is 0 Å². The van der Waals surface area contributed by atoms with Crippen molar-refractivity contribution in [2.24, 2.45) is 13.0 Å². The highest BCUT2D eigenvalue weighted by Gasteiger charge is 2.41. The van der Waals surface area contributed by atoms with Crippen molar-refractivity contribution in [2.75, 3.05) is 6.54 Å². The van der Waals surface area contributed by atoms with E-state index in [1.165, 1.54) is 0 Å².